The van der Waals surface area contributed by atoms with Gasteiger partial charge in [-0.15, -0.1) is 0 Å². The molecular weight excluding hydrogens is 432 g/mol. The Morgan fingerprint density at radius 2 is 2.00 bits per heavy atom. The van der Waals surface area contributed by atoms with Gasteiger partial charge in [-0.1, -0.05) is 11.6 Å². The zero-order valence-electron chi connectivity index (χ0n) is 16.6. The van der Waals surface area contributed by atoms with E-state index in [0.29, 0.717) is 28.5 Å². The molecule has 0 fully saturated rings. The number of ether oxygens (including phenoxy) is 2. The zero-order valence-corrected chi connectivity index (χ0v) is 18.2. The molecule has 0 saturated carbocycles. The first kappa shape index (κ1) is 23.8. The number of nitro groups is 1. The average Bonchev–Trinajstić information content (AvgIpc) is 2.73. The lowest BCUT2D eigenvalue weighted by Gasteiger charge is -2.17. The van der Waals surface area contributed by atoms with E-state index in [9.17, 15) is 20.0 Å². The van der Waals surface area contributed by atoms with Gasteiger partial charge in [-0.25, -0.2) is 0 Å². The van der Waals surface area contributed by atoms with Crippen molar-refractivity contribution in [2.45, 2.75) is 25.6 Å². The normalized spacial score (nSPS) is 11.7. The number of thioether (sulfide) groups is 1. The molecule has 2 aromatic carbocycles. The number of rotatable bonds is 12. The summed E-state index contributed by atoms with van der Waals surface area (Å²) in [5, 5.41) is 23.5. The van der Waals surface area contributed by atoms with Gasteiger partial charge in [0.15, 0.2) is 11.5 Å². The third-order valence-electron chi connectivity index (χ3n) is 4.32. The molecule has 10 heteroatoms. The quantitative estimate of drug-likeness (QED) is 0.363. The largest absolute Gasteiger partial charge is 0.493 e. The first-order valence-electron chi connectivity index (χ1n) is 9.03. The first-order valence-corrected chi connectivity index (χ1v) is 10.8. The number of non-ortho nitro benzene ring substituents is 1. The van der Waals surface area contributed by atoms with E-state index in [4.69, 9.17) is 21.1 Å². The highest BCUT2D eigenvalue weighted by Crippen LogP contribution is 2.34. The van der Waals surface area contributed by atoms with Crippen LogP contribution in [0.2, 0.25) is 5.02 Å². The van der Waals surface area contributed by atoms with Gasteiger partial charge in [-0.05, 0) is 47.8 Å². The number of carbonyl (C=O) groups is 1. The van der Waals surface area contributed by atoms with Gasteiger partial charge in [0, 0.05) is 29.8 Å². The van der Waals surface area contributed by atoms with E-state index in [1.54, 1.807) is 36.0 Å². The Balaban J connectivity index is 2.07. The minimum absolute atomic E-state index is 0.00780. The van der Waals surface area contributed by atoms with Crippen LogP contribution in [0.25, 0.3) is 0 Å². The van der Waals surface area contributed by atoms with Crippen LogP contribution in [0.15, 0.2) is 36.4 Å². The molecular formula is C20H23ClN2O6S. The number of methoxy groups -OCH3 is 1. The number of halogens is 1. The summed E-state index contributed by atoms with van der Waals surface area (Å²) in [6, 6.07) is 8.70. The van der Waals surface area contributed by atoms with Gasteiger partial charge >= 0.3 is 5.97 Å². The van der Waals surface area contributed by atoms with Crippen LogP contribution in [0.3, 0.4) is 0 Å². The molecule has 0 heterocycles. The second-order valence-electron chi connectivity index (χ2n) is 6.36. The number of benzene rings is 2. The van der Waals surface area contributed by atoms with Crippen LogP contribution < -0.4 is 14.8 Å². The van der Waals surface area contributed by atoms with Crippen LogP contribution in [0.4, 0.5) is 5.69 Å². The van der Waals surface area contributed by atoms with Gasteiger partial charge in [0.25, 0.3) is 5.69 Å². The third kappa shape index (κ3) is 6.79. The molecule has 8 nitrogen and oxygen atoms in total. The SMILES string of the molecule is COc1cc(CNC(CCSC)C(=O)O)c(Cl)cc1OCc1ccc([N+](=O)[O-])cc1. The lowest BCUT2D eigenvalue weighted by atomic mass is 10.1. The molecule has 1 atom stereocenters. The van der Waals surface area contributed by atoms with Crippen molar-refractivity contribution >= 4 is 35.0 Å². The fourth-order valence-corrected chi connectivity index (χ4v) is 3.33. The predicted molar refractivity (Wildman–Crippen MR) is 117 cm³/mol. The standard InChI is InChI=1S/C20H23ClN2O6S/c1-28-18-9-14(11-22-17(20(24)25)7-8-30-2)16(21)10-19(18)29-12-13-3-5-15(6-4-13)23(26)27/h3-6,9-10,17,22H,7-8,11-12H2,1-2H3,(H,24,25). The molecule has 0 aliphatic rings. The Morgan fingerprint density at radius 1 is 1.30 bits per heavy atom. The Labute approximate surface area is 183 Å². The molecule has 1 unspecified atom stereocenters. The number of carboxylic acids is 1. The summed E-state index contributed by atoms with van der Waals surface area (Å²) in [7, 11) is 1.50. The molecule has 0 amide bonds. The van der Waals surface area contributed by atoms with Crippen LogP contribution >= 0.6 is 23.4 Å². The summed E-state index contributed by atoms with van der Waals surface area (Å²) in [5.74, 6) is 0.697. The number of carboxylic acid groups (broad SMARTS) is 1. The van der Waals surface area contributed by atoms with Crippen molar-refractivity contribution < 1.29 is 24.3 Å². The highest BCUT2D eigenvalue weighted by Gasteiger charge is 2.18. The molecule has 0 bridgehead atoms. The van der Waals surface area contributed by atoms with Gasteiger partial charge in [0.2, 0.25) is 0 Å². The second-order valence-corrected chi connectivity index (χ2v) is 7.75. The van der Waals surface area contributed by atoms with Crippen LogP contribution in [0, 0.1) is 10.1 Å². The number of nitro benzene ring substituents is 1. The minimum atomic E-state index is -0.907. The summed E-state index contributed by atoms with van der Waals surface area (Å²) >= 11 is 7.95. The van der Waals surface area contributed by atoms with Crippen LogP contribution in [-0.2, 0) is 17.9 Å². The number of aliphatic carboxylic acids is 1. The van der Waals surface area contributed by atoms with Gasteiger partial charge < -0.3 is 19.9 Å². The number of nitrogens with one attached hydrogen (secondary N) is 1. The molecule has 0 aliphatic heterocycles. The van der Waals surface area contributed by atoms with Crippen molar-refractivity contribution in [1.29, 1.82) is 0 Å². The number of hydrogen-bond acceptors (Lipinski definition) is 7. The summed E-state index contributed by atoms with van der Waals surface area (Å²) in [5.41, 5.74) is 1.45. The highest BCUT2D eigenvalue weighted by molar-refractivity contribution is 7.98. The zero-order chi connectivity index (χ0) is 22.1. The molecule has 30 heavy (non-hydrogen) atoms. The monoisotopic (exact) mass is 454 g/mol. The summed E-state index contributed by atoms with van der Waals surface area (Å²) in [4.78, 5) is 21.7. The molecule has 0 aromatic heterocycles. The molecule has 0 aliphatic carbocycles. The van der Waals surface area contributed by atoms with E-state index in [1.165, 1.54) is 19.2 Å². The van der Waals surface area contributed by atoms with E-state index < -0.39 is 16.9 Å². The van der Waals surface area contributed by atoms with E-state index in [2.05, 4.69) is 5.32 Å². The van der Waals surface area contributed by atoms with Gasteiger partial charge in [-0.2, -0.15) is 11.8 Å². The van der Waals surface area contributed by atoms with Crippen molar-refractivity contribution in [1.82, 2.24) is 5.32 Å². The number of hydrogen-bond donors (Lipinski definition) is 2. The maximum absolute atomic E-state index is 11.4. The lowest BCUT2D eigenvalue weighted by molar-refractivity contribution is -0.384. The molecule has 162 valence electrons. The fourth-order valence-electron chi connectivity index (χ4n) is 2.64. The number of nitrogens with zero attached hydrogens (tertiary/aromatic N) is 1. The first-order chi connectivity index (χ1) is 14.3. The third-order valence-corrected chi connectivity index (χ3v) is 5.32. The Bertz CT molecular complexity index is 878. The van der Waals surface area contributed by atoms with Gasteiger partial charge in [0.05, 0.1) is 12.0 Å². The summed E-state index contributed by atoms with van der Waals surface area (Å²) in [6.45, 7) is 0.446. The van der Waals surface area contributed by atoms with Crippen molar-refractivity contribution in [3.63, 3.8) is 0 Å². The van der Waals surface area contributed by atoms with E-state index in [1.807, 2.05) is 6.26 Å². The van der Waals surface area contributed by atoms with Crippen LogP contribution in [0.5, 0.6) is 11.5 Å². The molecule has 2 aromatic rings. The topological polar surface area (TPSA) is 111 Å². The van der Waals surface area contributed by atoms with E-state index in [0.717, 1.165) is 11.3 Å². The van der Waals surface area contributed by atoms with Crippen LogP contribution in [-0.4, -0.2) is 41.2 Å². The maximum atomic E-state index is 11.4. The smallest absolute Gasteiger partial charge is 0.320 e. The molecule has 0 radical (unpaired) electrons. The van der Waals surface area contributed by atoms with Gasteiger partial charge in [-0.3, -0.25) is 14.9 Å². The average molecular weight is 455 g/mol. The predicted octanol–water partition coefficient (Wildman–Crippen LogP) is 4.13. The maximum Gasteiger partial charge on any atom is 0.320 e. The fraction of sp³-hybridized carbons (Fsp3) is 0.350. The molecule has 0 saturated heterocycles. The molecule has 0 spiro atoms. The second kappa shape index (κ2) is 11.6. The highest BCUT2D eigenvalue weighted by atomic mass is 35.5. The van der Waals surface area contributed by atoms with Crippen molar-refractivity contribution in [3.8, 4) is 11.5 Å². The van der Waals surface area contributed by atoms with Crippen LogP contribution in [0.1, 0.15) is 17.5 Å². The Hall–Kier alpha value is -2.49. The van der Waals surface area contributed by atoms with E-state index >= 15 is 0 Å². The summed E-state index contributed by atoms with van der Waals surface area (Å²) < 4.78 is 11.1. The van der Waals surface area contributed by atoms with Crippen molar-refractivity contribution in [3.05, 3.63) is 62.7 Å². The molecule has 2 N–H and O–H groups in total. The van der Waals surface area contributed by atoms with Gasteiger partial charge in [0.1, 0.15) is 12.6 Å². The van der Waals surface area contributed by atoms with E-state index in [-0.39, 0.29) is 18.8 Å². The van der Waals surface area contributed by atoms with Crippen molar-refractivity contribution in [2.24, 2.45) is 0 Å². The minimum Gasteiger partial charge on any atom is -0.493 e. The van der Waals surface area contributed by atoms with Crippen molar-refractivity contribution in [2.75, 3.05) is 19.1 Å². The Kier molecular flexibility index (Phi) is 9.22. The summed E-state index contributed by atoms with van der Waals surface area (Å²) in [6.07, 6.45) is 2.43. The molecule has 2 rings (SSSR count). The lowest BCUT2D eigenvalue weighted by Crippen LogP contribution is -2.36. The Morgan fingerprint density at radius 3 is 2.57 bits per heavy atom.